The Balaban J connectivity index is 2.48. The van der Waals surface area contributed by atoms with Crippen LogP contribution in [-0.2, 0) is 4.79 Å². The van der Waals surface area contributed by atoms with E-state index in [-0.39, 0.29) is 18.6 Å². The highest BCUT2D eigenvalue weighted by atomic mass is 16.3. The van der Waals surface area contributed by atoms with Gasteiger partial charge in [0.05, 0.1) is 6.61 Å². The lowest BCUT2D eigenvalue weighted by Crippen LogP contribution is -2.33. The molecule has 1 aromatic rings. The van der Waals surface area contributed by atoms with Gasteiger partial charge in [-0.15, -0.1) is 0 Å². The molecule has 3 nitrogen and oxygen atoms in total. The maximum absolute atomic E-state index is 11.3. The summed E-state index contributed by atoms with van der Waals surface area (Å²) < 4.78 is 0. The van der Waals surface area contributed by atoms with Crippen molar-refractivity contribution in [2.24, 2.45) is 0 Å². The molecule has 1 rings (SSSR count). The van der Waals surface area contributed by atoms with Crippen LogP contribution in [0.2, 0.25) is 0 Å². The first-order valence-electron chi connectivity index (χ1n) is 4.87. The molecule has 0 aliphatic rings. The lowest BCUT2D eigenvalue weighted by atomic mass is 10.2. The number of nitrogens with one attached hydrogen (secondary N) is 1. The van der Waals surface area contributed by atoms with Gasteiger partial charge in [0.15, 0.2) is 0 Å². The molecule has 0 spiro atoms. The first-order valence-corrected chi connectivity index (χ1v) is 4.87. The quantitative estimate of drug-likeness (QED) is 0.725. The van der Waals surface area contributed by atoms with E-state index in [1.54, 1.807) is 13.0 Å². The monoisotopic (exact) mass is 205 g/mol. The maximum atomic E-state index is 11.3. The van der Waals surface area contributed by atoms with E-state index >= 15 is 0 Å². The molecule has 0 radical (unpaired) electrons. The Labute approximate surface area is 89.4 Å². The summed E-state index contributed by atoms with van der Waals surface area (Å²) in [5, 5.41) is 11.4. The van der Waals surface area contributed by atoms with E-state index in [2.05, 4.69) is 5.32 Å². The molecular weight excluding hydrogens is 190 g/mol. The normalized spacial score (nSPS) is 12.7. The topological polar surface area (TPSA) is 49.3 Å². The number of rotatable bonds is 4. The van der Waals surface area contributed by atoms with Crippen molar-refractivity contribution in [3.05, 3.63) is 42.0 Å². The Morgan fingerprint density at radius 3 is 2.73 bits per heavy atom. The zero-order valence-electron chi connectivity index (χ0n) is 8.68. The van der Waals surface area contributed by atoms with Gasteiger partial charge in [0.25, 0.3) is 0 Å². The van der Waals surface area contributed by atoms with Crippen molar-refractivity contribution in [1.29, 1.82) is 0 Å². The van der Waals surface area contributed by atoms with Crippen molar-refractivity contribution in [3.63, 3.8) is 0 Å². The molecule has 0 heterocycles. The molecule has 1 amide bonds. The van der Waals surface area contributed by atoms with Gasteiger partial charge in [-0.05, 0) is 18.6 Å². The van der Waals surface area contributed by atoms with E-state index in [1.165, 1.54) is 6.08 Å². The summed E-state index contributed by atoms with van der Waals surface area (Å²) in [4.78, 5) is 11.3. The number of hydrogen-bond acceptors (Lipinski definition) is 2. The van der Waals surface area contributed by atoms with Gasteiger partial charge >= 0.3 is 0 Å². The average Bonchev–Trinajstić information content (AvgIpc) is 2.27. The summed E-state index contributed by atoms with van der Waals surface area (Å²) in [5.74, 6) is -0.194. The highest BCUT2D eigenvalue weighted by Gasteiger charge is 2.01. The number of hydrogen-bond donors (Lipinski definition) is 2. The van der Waals surface area contributed by atoms with E-state index in [9.17, 15) is 4.79 Å². The second-order valence-corrected chi connectivity index (χ2v) is 3.34. The smallest absolute Gasteiger partial charge is 0.244 e. The van der Waals surface area contributed by atoms with Gasteiger partial charge in [0, 0.05) is 12.1 Å². The van der Waals surface area contributed by atoms with Crippen molar-refractivity contribution in [3.8, 4) is 0 Å². The standard InChI is InChI=1S/C12H15NO2/c1-10(9-14)13-12(15)8-7-11-5-3-2-4-6-11/h2-8,10,14H,9H2,1H3,(H,13,15)/b8-7+/t10-/m1/s1. The molecule has 0 fully saturated rings. The molecule has 0 saturated carbocycles. The number of aliphatic hydroxyl groups is 1. The fourth-order valence-electron chi connectivity index (χ4n) is 1.07. The van der Waals surface area contributed by atoms with Crippen LogP contribution in [0.3, 0.4) is 0 Å². The number of carbonyl (C=O) groups is 1. The van der Waals surface area contributed by atoms with Crippen LogP contribution >= 0.6 is 0 Å². The van der Waals surface area contributed by atoms with Crippen molar-refractivity contribution < 1.29 is 9.90 Å². The number of benzene rings is 1. The van der Waals surface area contributed by atoms with Crippen molar-refractivity contribution in [1.82, 2.24) is 5.32 Å². The van der Waals surface area contributed by atoms with Crippen LogP contribution in [0.1, 0.15) is 12.5 Å². The first-order chi connectivity index (χ1) is 7.22. The second-order valence-electron chi connectivity index (χ2n) is 3.34. The maximum Gasteiger partial charge on any atom is 0.244 e. The number of amides is 1. The molecule has 0 bridgehead atoms. The molecular formula is C12H15NO2. The van der Waals surface area contributed by atoms with Gasteiger partial charge in [-0.2, -0.15) is 0 Å². The summed E-state index contributed by atoms with van der Waals surface area (Å²) in [5.41, 5.74) is 0.976. The van der Waals surface area contributed by atoms with Crippen LogP contribution in [0.5, 0.6) is 0 Å². The van der Waals surface area contributed by atoms with Gasteiger partial charge < -0.3 is 10.4 Å². The summed E-state index contributed by atoms with van der Waals surface area (Å²) in [6.07, 6.45) is 3.20. The van der Waals surface area contributed by atoms with Crippen LogP contribution < -0.4 is 5.32 Å². The minimum Gasteiger partial charge on any atom is -0.394 e. The summed E-state index contributed by atoms with van der Waals surface area (Å²) in [6.45, 7) is 1.69. The molecule has 2 N–H and O–H groups in total. The molecule has 15 heavy (non-hydrogen) atoms. The third-order valence-electron chi connectivity index (χ3n) is 1.89. The molecule has 0 unspecified atom stereocenters. The van der Waals surface area contributed by atoms with Gasteiger partial charge in [0.2, 0.25) is 5.91 Å². The SMILES string of the molecule is C[C@H](CO)NC(=O)/C=C/c1ccccc1. The van der Waals surface area contributed by atoms with E-state index in [0.717, 1.165) is 5.56 Å². The van der Waals surface area contributed by atoms with Crippen LogP contribution in [-0.4, -0.2) is 23.7 Å². The van der Waals surface area contributed by atoms with Crippen LogP contribution in [0, 0.1) is 0 Å². The second kappa shape index (κ2) is 5.98. The molecule has 80 valence electrons. The van der Waals surface area contributed by atoms with E-state index in [0.29, 0.717) is 0 Å². The predicted molar refractivity (Wildman–Crippen MR) is 60.2 cm³/mol. The molecule has 0 aliphatic carbocycles. The lowest BCUT2D eigenvalue weighted by molar-refractivity contribution is -0.117. The summed E-state index contributed by atoms with van der Waals surface area (Å²) >= 11 is 0. The minimum absolute atomic E-state index is 0.0507. The van der Waals surface area contributed by atoms with Crippen LogP contribution in [0.15, 0.2) is 36.4 Å². The third-order valence-corrected chi connectivity index (χ3v) is 1.89. The fourth-order valence-corrected chi connectivity index (χ4v) is 1.07. The van der Waals surface area contributed by atoms with Crippen LogP contribution in [0.4, 0.5) is 0 Å². The van der Waals surface area contributed by atoms with Gasteiger partial charge in [-0.1, -0.05) is 30.3 Å². The fraction of sp³-hybridized carbons (Fsp3) is 0.250. The van der Waals surface area contributed by atoms with Crippen molar-refractivity contribution in [2.45, 2.75) is 13.0 Å². The number of carbonyl (C=O) groups excluding carboxylic acids is 1. The van der Waals surface area contributed by atoms with Gasteiger partial charge in [-0.25, -0.2) is 0 Å². The first kappa shape index (κ1) is 11.5. The Kier molecular flexibility index (Phi) is 4.57. The van der Waals surface area contributed by atoms with Gasteiger partial charge in [0.1, 0.15) is 0 Å². The Bertz CT molecular complexity index is 333. The highest BCUT2D eigenvalue weighted by Crippen LogP contribution is 2.00. The van der Waals surface area contributed by atoms with E-state index in [4.69, 9.17) is 5.11 Å². The van der Waals surface area contributed by atoms with E-state index < -0.39 is 0 Å². The lowest BCUT2D eigenvalue weighted by Gasteiger charge is -2.07. The Hall–Kier alpha value is -1.61. The Morgan fingerprint density at radius 1 is 1.47 bits per heavy atom. The third kappa shape index (κ3) is 4.42. The molecule has 0 aromatic heterocycles. The van der Waals surface area contributed by atoms with Crippen molar-refractivity contribution >= 4 is 12.0 Å². The zero-order chi connectivity index (χ0) is 11.1. The van der Waals surface area contributed by atoms with Gasteiger partial charge in [-0.3, -0.25) is 4.79 Å². The summed E-state index contributed by atoms with van der Waals surface area (Å²) in [6, 6.07) is 9.36. The Morgan fingerprint density at radius 2 is 2.13 bits per heavy atom. The molecule has 0 saturated heterocycles. The average molecular weight is 205 g/mol. The largest absolute Gasteiger partial charge is 0.394 e. The molecule has 1 aromatic carbocycles. The number of aliphatic hydroxyl groups excluding tert-OH is 1. The van der Waals surface area contributed by atoms with E-state index in [1.807, 2.05) is 30.3 Å². The van der Waals surface area contributed by atoms with Crippen LogP contribution in [0.25, 0.3) is 6.08 Å². The minimum atomic E-state index is -0.210. The molecule has 3 heteroatoms. The molecule has 0 aliphatic heterocycles. The zero-order valence-corrected chi connectivity index (χ0v) is 8.68. The molecule has 1 atom stereocenters. The highest BCUT2D eigenvalue weighted by molar-refractivity contribution is 5.91. The van der Waals surface area contributed by atoms with Crippen molar-refractivity contribution in [2.75, 3.05) is 6.61 Å². The predicted octanol–water partition coefficient (Wildman–Crippen LogP) is 1.20. The summed E-state index contributed by atoms with van der Waals surface area (Å²) in [7, 11) is 0.